The van der Waals surface area contributed by atoms with Gasteiger partial charge in [0, 0.05) is 31.0 Å². The van der Waals surface area contributed by atoms with E-state index in [1.54, 1.807) is 17.3 Å². The van der Waals surface area contributed by atoms with Crippen LogP contribution in [0.5, 0.6) is 0 Å². The topological polar surface area (TPSA) is 84.1 Å². The van der Waals surface area contributed by atoms with Gasteiger partial charge >= 0.3 is 0 Å². The standard InChI is InChI=1S/C11H19N5O/c1-3-13-5-9-6-14-11(15-7-9)16(4-2)8-10(12)17/h6-7,13H,3-5,8H2,1-2H3,(H2,12,17). The molecule has 1 heterocycles. The summed E-state index contributed by atoms with van der Waals surface area (Å²) in [5.41, 5.74) is 6.17. The molecule has 17 heavy (non-hydrogen) atoms. The Morgan fingerprint density at radius 3 is 2.53 bits per heavy atom. The lowest BCUT2D eigenvalue weighted by Gasteiger charge is -2.18. The van der Waals surface area contributed by atoms with Crippen LogP contribution in [0, 0.1) is 0 Å². The maximum Gasteiger partial charge on any atom is 0.237 e. The van der Waals surface area contributed by atoms with Crippen LogP contribution in [0.3, 0.4) is 0 Å². The van der Waals surface area contributed by atoms with E-state index in [1.807, 2.05) is 13.8 Å². The predicted octanol–water partition coefficient (Wildman–Crippen LogP) is -0.102. The minimum absolute atomic E-state index is 0.142. The first kappa shape index (κ1) is 13.4. The minimum Gasteiger partial charge on any atom is -0.368 e. The molecule has 1 aromatic heterocycles. The second-order valence-corrected chi connectivity index (χ2v) is 3.65. The number of likely N-dealkylation sites (N-methyl/N-ethyl adjacent to an activating group) is 1. The van der Waals surface area contributed by atoms with Crippen LogP contribution in [0.2, 0.25) is 0 Å². The summed E-state index contributed by atoms with van der Waals surface area (Å²) in [6.07, 6.45) is 3.52. The first-order valence-electron chi connectivity index (χ1n) is 5.72. The van der Waals surface area contributed by atoms with Crippen molar-refractivity contribution in [1.29, 1.82) is 0 Å². The monoisotopic (exact) mass is 237 g/mol. The first-order chi connectivity index (χ1) is 8.17. The summed E-state index contributed by atoms with van der Waals surface area (Å²) in [5.74, 6) is 0.152. The number of hydrogen-bond donors (Lipinski definition) is 2. The molecular formula is C11H19N5O. The van der Waals surface area contributed by atoms with Gasteiger partial charge in [0.05, 0.1) is 6.54 Å². The zero-order valence-electron chi connectivity index (χ0n) is 10.3. The van der Waals surface area contributed by atoms with Gasteiger partial charge in [-0.3, -0.25) is 4.79 Å². The van der Waals surface area contributed by atoms with E-state index < -0.39 is 0 Å². The molecule has 0 aliphatic rings. The number of nitrogens with two attached hydrogens (primary N) is 1. The molecule has 0 unspecified atom stereocenters. The fourth-order valence-electron chi connectivity index (χ4n) is 1.38. The Labute approximate surface area is 101 Å². The largest absolute Gasteiger partial charge is 0.368 e. The van der Waals surface area contributed by atoms with E-state index in [9.17, 15) is 4.79 Å². The van der Waals surface area contributed by atoms with E-state index >= 15 is 0 Å². The van der Waals surface area contributed by atoms with Gasteiger partial charge in [0.2, 0.25) is 11.9 Å². The van der Waals surface area contributed by atoms with Crippen molar-refractivity contribution in [2.24, 2.45) is 5.73 Å². The molecule has 3 N–H and O–H groups in total. The number of carbonyl (C=O) groups excluding carboxylic acids is 1. The highest BCUT2D eigenvalue weighted by molar-refractivity contribution is 5.78. The zero-order valence-corrected chi connectivity index (χ0v) is 10.3. The van der Waals surface area contributed by atoms with E-state index in [4.69, 9.17) is 5.73 Å². The van der Waals surface area contributed by atoms with Crippen molar-refractivity contribution in [2.45, 2.75) is 20.4 Å². The average Bonchev–Trinajstić information content (AvgIpc) is 2.34. The van der Waals surface area contributed by atoms with Crippen LogP contribution in [0.15, 0.2) is 12.4 Å². The number of amides is 1. The van der Waals surface area contributed by atoms with E-state index in [1.165, 1.54) is 0 Å². The van der Waals surface area contributed by atoms with Crippen molar-refractivity contribution in [3.05, 3.63) is 18.0 Å². The Morgan fingerprint density at radius 2 is 2.06 bits per heavy atom. The van der Waals surface area contributed by atoms with Gasteiger partial charge in [-0.15, -0.1) is 0 Å². The molecule has 1 amide bonds. The van der Waals surface area contributed by atoms with Gasteiger partial charge in [-0.1, -0.05) is 6.92 Å². The molecule has 0 saturated heterocycles. The lowest BCUT2D eigenvalue weighted by Crippen LogP contribution is -2.34. The van der Waals surface area contributed by atoms with Gasteiger partial charge in [-0.05, 0) is 13.5 Å². The third kappa shape index (κ3) is 4.36. The Kier molecular flexibility index (Phi) is 5.35. The Hall–Kier alpha value is -1.69. The summed E-state index contributed by atoms with van der Waals surface area (Å²) < 4.78 is 0. The third-order valence-corrected chi connectivity index (χ3v) is 2.28. The normalized spacial score (nSPS) is 10.2. The van der Waals surface area contributed by atoms with Crippen molar-refractivity contribution in [3.63, 3.8) is 0 Å². The molecule has 1 rings (SSSR count). The summed E-state index contributed by atoms with van der Waals surface area (Å²) in [4.78, 5) is 21.0. The molecule has 0 atom stereocenters. The number of aromatic nitrogens is 2. The smallest absolute Gasteiger partial charge is 0.237 e. The summed E-state index contributed by atoms with van der Waals surface area (Å²) in [7, 11) is 0. The van der Waals surface area contributed by atoms with Gasteiger partial charge in [0.25, 0.3) is 0 Å². The maximum atomic E-state index is 10.9. The second-order valence-electron chi connectivity index (χ2n) is 3.65. The van der Waals surface area contributed by atoms with Crippen LogP contribution in [0.25, 0.3) is 0 Å². The highest BCUT2D eigenvalue weighted by Gasteiger charge is 2.09. The number of hydrogen-bond acceptors (Lipinski definition) is 5. The SMILES string of the molecule is CCNCc1cnc(N(CC)CC(N)=O)nc1. The lowest BCUT2D eigenvalue weighted by molar-refractivity contribution is -0.116. The molecule has 0 aliphatic carbocycles. The second kappa shape index (κ2) is 6.80. The quantitative estimate of drug-likeness (QED) is 0.691. The molecule has 0 fully saturated rings. The van der Waals surface area contributed by atoms with Gasteiger partial charge in [0.1, 0.15) is 0 Å². The van der Waals surface area contributed by atoms with Crippen LogP contribution < -0.4 is 16.0 Å². The van der Waals surface area contributed by atoms with Crippen molar-refractivity contribution in [3.8, 4) is 0 Å². The number of nitrogens with one attached hydrogen (secondary N) is 1. The molecule has 6 heteroatoms. The average molecular weight is 237 g/mol. The van der Waals surface area contributed by atoms with Crippen LogP contribution >= 0.6 is 0 Å². The number of nitrogens with zero attached hydrogens (tertiary/aromatic N) is 3. The molecule has 0 aromatic carbocycles. The lowest BCUT2D eigenvalue weighted by atomic mass is 10.3. The molecule has 94 valence electrons. The molecule has 0 bridgehead atoms. The molecule has 0 aliphatic heterocycles. The van der Waals surface area contributed by atoms with Crippen LogP contribution in [-0.4, -0.2) is 35.5 Å². The fourth-order valence-corrected chi connectivity index (χ4v) is 1.38. The van der Waals surface area contributed by atoms with E-state index in [-0.39, 0.29) is 12.5 Å². The molecule has 0 radical (unpaired) electrons. The Balaban J connectivity index is 2.67. The van der Waals surface area contributed by atoms with Gasteiger partial charge in [0.15, 0.2) is 0 Å². The summed E-state index contributed by atoms with van der Waals surface area (Å²) in [6.45, 7) is 6.42. The van der Waals surface area contributed by atoms with Gasteiger partial charge in [-0.2, -0.15) is 0 Å². The summed E-state index contributed by atoms with van der Waals surface area (Å²) >= 11 is 0. The molecule has 0 spiro atoms. The highest BCUT2D eigenvalue weighted by atomic mass is 16.1. The molecule has 1 aromatic rings. The van der Waals surface area contributed by atoms with Crippen LogP contribution in [-0.2, 0) is 11.3 Å². The Bertz CT molecular complexity index is 351. The first-order valence-corrected chi connectivity index (χ1v) is 5.72. The number of anilines is 1. The zero-order chi connectivity index (χ0) is 12.7. The van der Waals surface area contributed by atoms with Gasteiger partial charge < -0.3 is 16.0 Å². The number of rotatable bonds is 7. The maximum absolute atomic E-state index is 10.9. The molecular weight excluding hydrogens is 218 g/mol. The molecule has 0 saturated carbocycles. The van der Waals surface area contributed by atoms with Crippen molar-refractivity contribution < 1.29 is 4.79 Å². The fraction of sp³-hybridized carbons (Fsp3) is 0.545. The minimum atomic E-state index is -0.382. The summed E-state index contributed by atoms with van der Waals surface area (Å²) in [6, 6.07) is 0. The van der Waals surface area contributed by atoms with Gasteiger partial charge in [-0.25, -0.2) is 9.97 Å². The molecule has 6 nitrogen and oxygen atoms in total. The van der Waals surface area contributed by atoms with E-state index in [2.05, 4.69) is 15.3 Å². The highest BCUT2D eigenvalue weighted by Crippen LogP contribution is 2.06. The van der Waals surface area contributed by atoms with E-state index in [0.717, 1.165) is 18.7 Å². The number of primary amides is 1. The number of carbonyl (C=O) groups is 1. The van der Waals surface area contributed by atoms with Crippen molar-refractivity contribution >= 4 is 11.9 Å². The predicted molar refractivity (Wildman–Crippen MR) is 66.5 cm³/mol. The van der Waals surface area contributed by atoms with Crippen molar-refractivity contribution in [2.75, 3.05) is 24.5 Å². The van der Waals surface area contributed by atoms with Crippen molar-refractivity contribution in [1.82, 2.24) is 15.3 Å². The Morgan fingerprint density at radius 1 is 1.41 bits per heavy atom. The summed E-state index contributed by atoms with van der Waals surface area (Å²) in [5, 5.41) is 3.19. The van der Waals surface area contributed by atoms with E-state index in [0.29, 0.717) is 12.5 Å². The van der Waals surface area contributed by atoms with Crippen LogP contribution in [0.4, 0.5) is 5.95 Å². The van der Waals surface area contributed by atoms with Crippen LogP contribution in [0.1, 0.15) is 19.4 Å². The third-order valence-electron chi connectivity index (χ3n) is 2.28.